The van der Waals surface area contributed by atoms with Gasteiger partial charge in [-0.3, -0.25) is 0 Å². The van der Waals surface area contributed by atoms with Crippen molar-refractivity contribution in [1.29, 1.82) is 0 Å². The minimum absolute atomic E-state index is 0.381. The third-order valence-corrected chi connectivity index (χ3v) is 3.81. The maximum atomic E-state index is 5.94. The molecule has 19 heavy (non-hydrogen) atoms. The summed E-state index contributed by atoms with van der Waals surface area (Å²) >= 11 is 0. The van der Waals surface area contributed by atoms with E-state index in [1.807, 2.05) is 20.0 Å². The van der Waals surface area contributed by atoms with Crippen molar-refractivity contribution in [2.24, 2.45) is 5.73 Å². The van der Waals surface area contributed by atoms with Crippen molar-refractivity contribution < 1.29 is 0 Å². The molecule has 1 aromatic heterocycles. The number of hydrogen-bond donors (Lipinski definition) is 2. The Hall–Kier alpha value is -1.36. The van der Waals surface area contributed by atoms with Crippen LogP contribution in [0.25, 0.3) is 0 Å². The van der Waals surface area contributed by atoms with Crippen molar-refractivity contribution in [2.45, 2.75) is 51.6 Å². The van der Waals surface area contributed by atoms with Crippen molar-refractivity contribution in [2.75, 3.05) is 23.8 Å². The topological polar surface area (TPSA) is 67.1 Å². The first-order valence-corrected chi connectivity index (χ1v) is 7.17. The summed E-state index contributed by atoms with van der Waals surface area (Å²) in [7, 11) is 2.05. The minimum Gasteiger partial charge on any atom is -0.367 e. The van der Waals surface area contributed by atoms with E-state index in [0.717, 1.165) is 49.7 Å². The van der Waals surface area contributed by atoms with E-state index in [9.17, 15) is 0 Å². The number of aryl methyl sites for hydroxylation is 1. The van der Waals surface area contributed by atoms with Crippen molar-refractivity contribution in [3.63, 3.8) is 0 Å². The molecule has 1 aromatic rings. The monoisotopic (exact) mass is 263 g/mol. The number of rotatable bonds is 4. The second-order valence-electron chi connectivity index (χ2n) is 5.43. The average Bonchev–Trinajstić information content (AvgIpc) is 2.40. The smallest absolute Gasteiger partial charge is 0.134 e. The van der Waals surface area contributed by atoms with Crippen LogP contribution < -0.4 is 16.0 Å². The van der Waals surface area contributed by atoms with E-state index in [4.69, 9.17) is 5.73 Å². The fraction of sp³-hybridized carbons (Fsp3) is 0.714. The van der Waals surface area contributed by atoms with E-state index in [0.29, 0.717) is 12.1 Å². The molecule has 106 valence electrons. The van der Waals surface area contributed by atoms with Crippen LogP contribution in [-0.2, 0) is 0 Å². The maximum Gasteiger partial charge on any atom is 0.134 e. The van der Waals surface area contributed by atoms with Crippen LogP contribution in [0.4, 0.5) is 11.6 Å². The van der Waals surface area contributed by atoms with Gasteiger partial charge in [0.2, 0.25) is 0 Å². The van der Waals surface area contributed by atoms with Gasteiger partial charge in [0.15, 0.2) is 0 Å². The highest BCUT2D eigenvalue weighted by atomic mass is 15.2. The molecule has 0 bridgehead atoms. The van der Waals surface area contributed by atoms with Crippen LogP contribution in [0.1, 0.15) is 38.4 Å². The molecule has 1 heterocycles. The summed E-state index contributed by atoms with van der Waals surface area (Å²) in [5, 5.41) is 3.53. The molecule has 3 N–H and O–H groups in total. The normalized spacial score (nSPS) is 23.2. The first kappa shape index (κ1) is 14.1. The van der Waals surface area contributed by atoms with Gasteiger partial charge in [0, 0.05) is 31.7 Å². The van der Waals surface area contributed by atoms with Crippen LogP contribution in [0, 0.1) is 6.92 Å². The van der Waals surface area contributed by atoms with E-state index in [1.165, 1.54) is 0 Å². The molecule has 0 atom stereocenters. The Morgan fingerprint density at radius 3 is 2.63 bits per heavy atom. The van der Waals surface area contributed by atoms with Gasteiger partial charge in [0.05, 0.1) is 0 Å². The molecule has 0 aromatic carbocycles. The number of hydrogen-bond acceptors (Lipinski definition) is 5. The number of nitrogens with zero attached hydrogens (tertiary/aromatic N) is 3. The molecule has 5 heteroatoms. The Morgan fingerprint density at radius 1 is 1.32 bits per heavy atom. The summed E-state index contributed by atoms with van der Waals surface area (Å²) in [4.78, 5) is 11.1. The highest BCUT2D eigenvalue weighted by Gasteiger charge is 2.19. The van der Waals surface area contributed by atoms with E-state index in [-0.39, 0.29) is 0 Å². The molecular weight excluding hydrogens is 238 g/mol. The highest BCUT2D eigenvalue weighted by molar-refractivity contribution is 5.49. The second kappa shape index (κ2) is 6.19. The summed E-state index contributed by atoms with van der Waals surface area (Å²) in [6.45, 7) is 5.00. The summed E-state index contributed by atoms with van der Waals surface area (Å²) in [5.74, 6) is 2.72. The van der Waals surface area contributed by atoms with Crippen LogP contribution in [0.5, 0.6) is 0 Å². The fourth-order valence-corrected chi connectivity index (χ4v) is 2.46. The Bertz CT molecular complexity index is 412. The van der Waals surface area contributed by atoms with E-state index in [2.05, 4.69) is 27.1 Å². The lowest BCUT2D eigenvalue weighted by Gasteiger charge is -2.27. The lowest BCUT2D eigenvalue weighted by Crippen LogP contribution is -2.33. The minimum atomic E-state index is 0.381. The molecule has 0 spiro atoms. The first-order chi connectivity index (χ1) is 9.08. The van der Waals surface area contributed by atoms with Crippen molar-refractivity contribution in [3.8, 4) is 0 Å². The first-order valence-electron chi connectivity index (χ1n) is 7.17. The van der Waals surface area contributed by atoms with Gasteiger partial charge in [-0.1, -0.05) is 0 Å². The predicted octanol–water partition coefficient (Wildman–Crippen LogP) is 1.92. The predicted molar refractivity (Wildman–Crippen MR) is 79.6 cm³/mol. The standard InChI is InChI=1S/C14H25N5/c1-4-19(3)14-9-13(16-10(2)17-14)18-12-7-5-11(15)6-8-12/h9,11-12H,4-8,15H2,1-3H3,(H,16,17,18). The molecule has 5 nitrogen and oxygen atoms in total. The highest BCUT2D eigenvalue weighted by Crippen LogP contribution is 2.22. The third kappa shape index (κ3) is 3.80. The molecule has 1 aliphatic carbocycles. The Kier molecular flexibility index (Phi) is 4.58. The second-order valence-corrected chi connectivity index (χ2v) is 5.43. The van der Waals surface area contributed by atoms with Gasteiger partial charge in [-0.25, -0.2) is 9.97 Å². The number of nitrogens with two attached hydrogens (primary N) is 1. The summed E-state index contributed by atoms with van der Waals surface area (Å²) in [6.07, 6.45) is 4.46. The van der Waals surface area contributed by atoms with Crippen LogP contribution >= 0.6 is 0 Å². The molecule has 0 aliphatic heterocycles. The quantitative estimate of drug-likeness (QED) is 0.868. The average molecular weight is 263 g/mol. The van der Waals surface area contributed by atoms with Crippen molar-refractivity contribution in [3.05, 3.63) is 11.9 Å². The van der Waals surface area contributed by atoms with Crippen LogP contribution in [0.3, 0.4) is 0 Å². The van der Waals surface area contributed by atoms with Gasteiger partial charge >= 0.3 is 0 Å². The molecule has 1 fully saturated rings. The van der Waals surface area contributed by atoms with Gasteiger partial charge in [-0.15, -0.1) is 0 Å². The van der Waals surface area contributed by atoms with Gasteiger partial charge in [-0.2, -0.15) is 0 Å². The van der Waals surface area contributed by atoms with Crippen molar-refractivity contribution >= 4 is 11.6 Å². The van der Waals surface area contributed by atoms with E-state index >= 15 is 0 Å². The molecule has 0 amide bonds. The number of anilines is 2. The van der Waals surface area contributed by atoms with Crippen molar-refractivity contribution in [1.82, 2.24) is 9.97 Å². The zero-order valence-corrected chi connectivity index (χ0v) is 12.2. The van der Waals surface area contributed by atoms with Crippen LogP contribution in [0.15, 0.2) is 6.07 Å². The fourth-order valence-electron chi connectivity index (χ4n) is 2.46. The molecule has 0 radical (unpaired) electrons. The molecule has 0 saturated heterocycles. The van der Waals surface area contributed by atoms with Crippen LogP contribution in [-0.4, -0.2) is 35.6 Å². The molecule has 2 rings (SSSR count). The Morgan fingerprint density at radius 2 is 2.00 bits per heavy atom. The van der Waals surface area contributed by atoms with Gasteiger partial charge in [0.25, 0.3) is 0 Å². The van der Waals surface area contributed by atoms with E-state index < -0.39 is 0 Å². The van der Waals surface area contributed by atoms with Gasteiger partial charge < -0.3 is 16.0 Å². The maximum absolute atomic E-state index is 5.94. The van der Waals surface area contributed by atoms with E-state index in [1.54, 1.807) is 0 Å². The SMILES string of the molecule is CCN(C)c1cc(NC2CCC(N)CC2)nc(C)n1. The summed E-state index contributed by atoms with van der Waals surface area (Å²) in [6, 6.07) is 2.91. The molecular formula is C14H25N5. The number of aromatic nitrogens is 2. The Labute approximate surface area is 115 Å². The summed E-state index contributed by atoms with van der Waals surface area (Å²) < 4.78 is 0. The lowest BCUT2D eigenvalue weighted by atomic mass is 9.92. The van der Waals surface area contributed by atoms with Crippen LogP contribution in [0.2, 0.25) is 0 Å². The Balaban J connectivity index is 2.05. The summed E-state index contributed by atoms with van der Waals surface area (Å²) in [5.41, 5.74) is 5.94. The molecule has 1 aliphatic rings. The largest absolute Gasteiger partial charge is 0.367 e. The molecule has 0 unspecified atom stereocenters. The lowest BCUT2D eigenvalue weighted by molar-refractivity contribution is 0.410. The zero-order chi connectivity index (χ0) is 13.8. The zero-order valence-electron chi connectivity index (χ0n) is 12.2. The van der Waals surface area contributed by atoms with Gasteiger partial charge in [-0.05, 0) is 39.5 Å². The van der Waals surface area contributed by atoms with Gasteiger partial charge in [0.1, 0.15) is 17.5 Å². The third-order valence-electron chi connectivity index (χ3n) is 3.81. The number of nitrogens with one attached hydrogen (secondary N) is 1. The molecule has 1 saturated carbocycles.